The van der Waals surface area contributed by atoms with E-state index in [9.17, 15) is 4.79 Å². The van der Waals surface area contributed by atoms with Crippen LogP contribution >= 0.6 is 0 Å². The smallest absolute Gasteiger partial charge is 0.320 e. The molecule has 0 bridgehead atoms. The molecular weight excluding hydrogens is 414 g/mol. The number of amides is 2. The fraction of sp³-hybridized carbons (Fsp3) is 0.280. The summed E-state index contributed by atoms with van der Waals surface area (Å²) in [5.41, 5.74) is 5.23. The molecule has 0 radical (unpaired) electrons. The van der Waals surface area contributed by atoms with Crippen molar-refractivity contribution in [3.05, 3.63) is 77.9 Å². The van der Waals surface area contributed by atoms with Crippen LogP contribution in [0.4, 0.5) is 10.6 Å². The molecule has 33 heavy (non-hydrogen) atoms. The van der Waals surface area contributed by atoms with E-state index in [1.54, 1.807) is 18.6 Å². The highest BCUT2D eigenvalue weighted by atomic mass is 16.2. The van der Waals surface area contributed by atoms with Crippen molar-refractivity contribution in [3.8, 4) is 5.69 Å². The molecule has 1 aliphatic heterocycles. The molecule has 2 atom stereocenters. The number of carbonyl (C=O) groups excluding carboxylic acids is 1. The Morgan fingerprint density at radius 3 is 2.73 bits per heavy atom. The number of hydrogen-bond donors (Lipinski definition) is 2. The summed E-state index contributed by atoms with van der Waals surface area (Å²) in [5, 5.41) is 11.4. The number of likely N-dealkylation sites (tertiary alicyclic amines) is 1. The summed E-state index contributed by atoms with van der Waals surface area (Å²) >= 11 is 0. The van der Waals surface area contributed by atoms with Gasteiger partial charge in [-0.15, -0.1) is 0 Å². The van der Waals surface area contributed by atoms with E-state index in [-0.39, 0.29) is 18.0 Å². The second-order valence-corrected chi connectivity index (χ2v) is 8.73. The van der Waals surface area contributed by atoms with Gasteiger partial charge in [0.25, 0.3) is 0 Å². The Hall–Kier alpha value is -3.78. The molecule has 1 fully saturated rings. The Kier molecular flexibility index (Phi) is 5.51. The summed E-state index contributed by atoms with van der Waals surface area (Å²) in [6.45, 7) is 5.78. The number of aromatic nitrogens is 4. The molecule has 4 heterocycles. The molecule has 1 saturated heterocycles. The molecule has 1 aromatic carbocycles. The van der Waals surface area contributed by atoms with Crippen molar-refractivity contribution < 1.29 is 4.79 Å². The van der Waals surface area contributed by atoms with Crippen LogP contribution in [0.3, 0.4) is 0 Å². The first kappa shape index (κ1) is 21.1. The van der Waals surface area contributed by atoms with Crippen molar-refractivity contribution in [2.75, 3.05) is 25.5 Å². The van der Waals surface area contributed by atoms with Gasteiger partial charge in [0.05, 0.1) is 29.6 Å². The van der Waals surface area contributed by atoms with Gasteiger partial charge in [-0.05, 0) is 50.2 Å². The van der Waals surface area contributed by atoms with E-state index in [0.717, 1.165) is 35.4 Å². The van der Waals surface area contributed by atoms with Crippen LogP contribution in [-0.4, -0.2) is 56.9 Å². The third kappa shape index (κ3) is 4.29. The lowest BCUT2D eigenvalue weighted by molar-refractivity contribution is 0.247. The Bertz CT molecular complexity index is 1320. The van der Waals surface area contributed by atoms with Gasteiger partial charge >= 0.3 is 6.03 Å². The minimum atomic E-state index is -0.252. The van der Waals surface area contributed by atoms with E-state index >= 15 is 0 Å². The normalized spacial score (nSPS) is 18.5. The first-order chi connectivity index (χ1) is 16.0. The van der Waals surface area contributed by atoms with E-state index in [1.165, 1.54) is 11.1 Å². The second kappa shape index (κ2) is 8.63. The van der Waals surface area contributed by atoms with Crippen LogP contribution in [0, 0.1) is 13.8 Å². The average Bonchev–Trinajstić information content (AvgIpc) is 3.37. The SMILES string of the molecule is Cc1cc(-n2ncc3cc(NC(=O)N[C@@H]4CN(C)C[C@H]4c4ccccc4C)ncc32)ccn1. The molecule has 168 valence electrons. The molecule has 8 heteroatoms. The van der Waals surface area contributed by atoms with Crippen LogP contribution < -0.4 is 10.6 Å². The number of nitrogens with zero attached hydrogens (tertiary/aromatic N) is 5. The van der Waals surface area contributed by atoms with Crippen molar-refractivity contribution in [1.29, 1.82) is 0 Å². The van der Waals surface area contributed by atoms with Crippen LogP contribution in [0.15, 0.2) is 61.1 Å². The number of fused-ring (bicyclic) bond motifs is 1. The maximum atomic E-state index is 12.8. The van der Waals surface area contributed by atoms with Crippen molar-refractivity contribution in [1.82, 2.24) is 30.0 Å². The minimum Gasteiger partial charge on any atom is -0.333 e. The number of rotatable bonds is 4. The van der Waals surface area contributed by atoms with Crippen LogP contribution in [0.1, 0.15) is 22.7 Å². The minimum absolute atomic E-state index is 0.0255. The van der Waals surface area contributed by atoms with Crippen LogP contribution in [-0.2, 0) is 0 Å². The van der Waals surface area contributed by atoms with Gasteiger partial charge in [-0.3, -0.25) is 10.3 Å². The molecule has 0 unspecified atom stereocenters. The lowest BCUT2D eigenvalue weighted by Crippen LogP contribution is -2.42. The van der Waals surface area contributed by atoms with E-state index in [0.29, 0.717) is 5.82 Å². The predicted molar refractivity (Wildman–Crippen MR) is 129 cm³/mol. The number of urea groups is 1. The number of hydrogen-bond acceptors (Lipinski definition) is 5. The second-order valence-electron chi connectivity index (χ2n) is 8.73. The van der Waals surface area contributed by atoms with Gasteiger partial charge in [-0.2, -0.15) is 5.10 Å². The zero-order valence-electron chi connectivity index (χ0n) is 19.0. The number of nitrogens with one attached hydrogen (secondary N) is 2. The average molecular weight is 442 g/mol. The van der Waals surface area contributed by atoms with Gasteiger partial charge in [0.15, 0.2) is 0 Å². The summed E-state index contributed by atoms with van der Waals surface area (Å²) in [5.74, 6) is 0.740. The fourth-order valence-electron chi connectivity index (χ4n) is 4.65. The quantitative estimate of drug-likeness (QED) is 0.505. The van der Waals surface area contributed by atoms with Crippen molar-refractivity contribution in [2.45, 2.75) is 25.8 Å². The van der Waals surface area contributed by atoms with Gasteiger partial charge in [0.1, 0.15) is 5.82 Å². The number of benzene rings is 1. The topological polar surface area (TPSA) is 88.0 Å². The largest absolute Gasteiger partial charge is 0.333 e. The summed E-state index contributed by atoms with van der Waals surface area (Å²) < 4.78 is 1.82. The van der Waals surface area contributed by atoms with E-state index < -0.39 is 0 Å². The zero-order valence-corrected chi connectivity index (χ0v) is 19.0. The fourth-order valence-corrected chi connectivity index (χ4v) is 4.65. The molecule has 8 nitrogen and oxygen atoms in total. The maximum Gasteiger partial charge on any atom is 0.320 e. The van der Waals surface area contributed by atoms with Crippen molar-refractivity contribution in [2.24, 2.45) is 0 Å². The van der Waals surface area contributed by atoms with Gasteiger partial charge in [-0.25, -0.2) is 14.5 Å². The first-order valence-corrected chi connectivity index (χ1v) is 11.1. The number of likely N-dealkylation sites (N-methyl/N-ethyl adjacent to an activating group) is 1. The third-order valence-electron chi connectivity index (χ3n) is 6.23. The molecule has 0 spiro atoms. The number of carbonyl (C=O) groups is 1. The number of anilines is 1. The van der Waals surface area contributed by atoms with Crippen molar-refractivity contribution >= 4 is 22.8 Å². The van der Waals surface area contributed by atoms with Gasteiger partial charge in [0, 0.05) is 36.3 Å². The molecule has 4 aromatic rings. The standard InChI is InChI=1S/C25H27N7O/c1-16-6-4-5-7-20(16)21-14-31(3)15-22(21)29-25(33)30-24-11-18-12-28-32(23(18)13-27-24)19-8-9-26-17(2)10-19/h4-13,21-22H,14-15H2,1-3H3,(H2,27,29,30,33)/t21-,22+/m0/s1. The van der Waals surface area contributed by atoms with E-state index in [2.05, 4.69) is 62.8 Å². The predicted octanol–water partition coefficient (Wildman–Crippen LogP) is 3.65. The zero-order chi connectivity index (χ0) is 22.9. The molecule has 2 amide bonds. The van der Waals surface area contributed by atoms with Crippen LogP contribution in [0.25, 0.3) is 16.6 Å². The maximum absolute atomic E-state index is 12.8. The molecular formula is C25H27N7O. The first-order valence-electron chi connectivity index (χ1n) is 11.1. The number of aryl methyl sites for hydroxylation is 2. The van der Waals surface area contributed by atoms with Gasteiger partial charge < -0.3 is 10.2 Å². The molecule has 0 aliphatic carbocycles. The lowest BCUT2D eigenvalue weighted by atomic mass is 9.91. The lowest BCUT2D eigenvalue weighted by Gasteiger charge is -2.22. The molecule has 5 rings (SSSR count). The Morgan fingerprint density at radius 1 is 1.06 bits per heavy atom. The molecule has 1 aliphatic rings. The Labute approximate surface area is 192 Å². The highest BCUT2D eigenvalue weighted by Gasteiger charge is 2.33. The van der Waals surface area contributed by atoms with Gasteiger partial charge in [-0.1, -0.05) is 24.3 Å². The summed E-state index contributed by atoms with van der Waals surface area (Å²) in [4.78, 5) is 23.8. The van der Waals surface area contributed by atoms with Gasteiger partial charge in [0.2, 0.25) is 0 Å². The van der Waals surface area contributed by atoms with Crippen LogP contribution in [0.5, 0.6) is 0 Å². The highest BCUT2D eigenvalue weighted by molar-refractivity contribution is 5.91. The summed E-state index contributed by atoms with van der Waals surface area (Å²) in [6, 6.07) is 13.9. The third-order valence-corrected chi connectivity index (χ3v) is 6.23. The monoisotopic (exact) mass is 441 g/mol. The molecule has 2 N–H and O–H groups in total. The van der Waals surface area contributed by atoms with Crippen LogP contribution in [0.2, 0.25) is 0 Å². The highest BCUT2D eigenvalue weighted by Crippen LogP contribution is 2.29. The summed E-state index contributed by atoms with van der Waals surface area (Å²) in [6.07, 6.45) is 5.26. The molecule has 0 saturated carbocycles. The van der Waals surface area contributed by atoms with E-state index in [4.69, 9.17) is 0 Å². The van der Waals surface area contributed by atoms with E-state index in [1.807, 2.05) is 35.9 Å². The Morgan fingerprint density at radius 2 is 1.91 bits per heavy atom. The Balaban J connectivity index is 1.31. The van der Waals surface area contributed by atoms with Crippen molar-refractivity contribution in [3.63, 3.8) is 0 Å². The summed E-state index contributed by atoms with van der Waals surface area (Å²) in [7, 11) is 2.09. The number of pyridine rings is 2. The molecule has 3 aromatic heterocycles.